The number of carboxylic acid groups (broad SMARTS) is 1. The smallest absolute Gasteiger partial charge is 0.305 e. The number of amides is 1. The highest BCUT2D eigenvalue weighted by Gasteiger charge is 2.40. The monoisotopic (exact) mass is 318 g/mol. The molecular formula is C16H18N2O5. The first-order chi connectivity index (χ1) is 11.0. The molecule has 1 amide bonds. The maximum absolute atomic E-state index is 12.2. The van der Waals surface area contributed by atoms with Crippen LogP contribution in [-0.4, -0.2) is 27.5 Å². The Kier molecular flexibility index (Phi) is 3.94. The fourth-order valence-corrected chi connectivity index (χ4v) is 2.83. The van der Waals surface area contributed by atoms with E-state index in [1.807, 2.05) is 0 Å². The molecule has 7 nitrogen and oxygen atoms in total. The number of carbonyl (C=O) groups is 2. The molecule has 0 saturated heterocycles. The Hall–Kier alpha value is -2.57. The van der Waals surface area contributed by atoms with Crippen molar-refractivity contribution in [1.82, 2.24) is 10.3 Å². The molecule has 0 radical (unpaired) electrons. The van der Waals surface area contributed by atoms with E-state index < -0.39 is 11.5 Å². The van der Waals surface area contributed by atoms with Crippen molar-refractivity contribution in [2.75, 3.05) is 0 Å². The van der Waals surface area contributed by atoms with Gasteiger partial charge in [0.25, 0.3) is 5.89 Å². The zero-order chi connectivity index (χ0) is 16.4. The third-order valence-electron chi connectivity index (χ3n) is 4.16. The summed E-state index contributed by atoms with van der Waals surface area (Å²) in [6, 6.07) is 3.46. The third-order valence-corrected chi connectivity index (χ3v) is 4.16. The Morgan fingerprint density at radius 2 is 2.22 bits per heavy atom. The van der Waals surface area contributed by atoms with Crippen LogP contribution in [0.15, 0.2) is 27.2 Å². The summed E-state index contributed by atoms with van der Waals surface area (Å²) in [5.41, 5.74) is -0.0802. The predicted molar refractivity (Wildman–Crippen MR) is 79.6 cm³/mol. The van der Waals surface area contributed by atoms with Gasteiger partial charge in [0.15, 0.2) is 5.76 Å². The first-order valence-electron chi connectivity index (χ1n) is 7.50. The van der Waals surface area contributed by atoms with Crippen LogP contribution in [0.25, 0.3) is 11.7 Å². The lowest BCUT2D eigenvalue weighted by molar-refractivity contribution is -0.140. The Morgan fingerprint density at radius 1 is 1.43 bits per heavy atom. The van der Waals surface area contributed by atoms with Gasteiger partial charge >= 0.3 is 5.97 Å². The molecule has 0 atom stereocenters. The summed E-state index contributed by atoms with van der Waals surface area (Å²) in [5, 5.41) is 11.8. The lowest BCUT2D eigenvalue weighted by atomic mass is 9.74. The Bertz CT molecular complexity index is 713. The van der Waals surface area contributed by atoms with E-state index in [9.17, 15) is 9.59 Å². The Labute approximate surface area is 132 Å². The summed E-state index contributed by atoms with van der Waals surface area (Å²) in [5.74, 6) is 0.240. The second-order valence-corrected chi connectivity index (χ2v) is 5.93. The van der Waals surface area contributed by atoms with Gasteiger partial charge in [-0.3, -0.25) is 9.59 Å². The molecule has 2 aromatic heterocycles. The summed E-state index contributed by atoms with van der Waals surface area (Å²) in [7, 11) is 0. The van der Waals surface area contributed by atoms with E-state index in [1.165, 1.54) is 6.26 Å². The summed E-state index contributed by atoms with van der Waals surface area (Å²) in [6.07, 6.45) is 3.85. The van der Waals surface area contributed by atoms with Gasteiger partial charge in [-0.05, 0) is 38.3 Å². The summed E-state index contributed by atoms with van der Waals surface area (Å²) < 4.78 is 10.7. The van der Waals surface area contributed by atoms with E-state index in [1.54, 1.807) is 19.1 Å². The van der Waals surface area contributed by atoms with Crippen LogP contribution >= 0.6 is 0 Å². The second kappa shape index (κ2) is 5.91. The minimum atomic E-state index is -0.900. The minimum absolute atomic E-state index is 0.0474. The molecule has 7 heteroatoms. The van der Waals surface area contributed by atoms with E-state index >= 15 is 0 Å². The first kappa shape index (κ1) is 15.3. The molecule has 0 unspecified atom stereocenters. The van der Waals surface area contributed by atoms with Crippen molar-refractivity contribution in [1.29, 1.82) is 0 Å². The molecule has 0 aromatic carbocycles. The molecule has 1 saturated carbocycles. The topological polar surface area (TPSA) is 106 Å². The van der Waals surface area contributed by atoms with Gasteiger partial charge in [-0.15, -0.1) is 0 Å². The lowest BCUT2D eigenvalue weighted by Gasteiger charge is -2.41. The quantitative estimate of drug-likeness (QED) is 0.846. The predicted octanol–water partition coefficient (Wildman–Crippen LogP) is 2.30. The largest absolute Gasteiger partial charge is 0.481 e. The number of aromatic nitrogens is 1. The first-order valence-corrected chi connectivity index (χ1v) is 7.50. The molecule has 23 heavy (non-hydrogen) atoms. The Balaban J connectivity index is 1.67. The van der Waals surface area contributed by atoms with Gasteiger partial charge in [-0.25, -0.2) is 4.98 Å². The maximum atomic E-state index is 12.2. The molecule has 2 heterocycles. The van der Waals surface area contributed by atoms with Crippen molar-refractivity contribution >= 4 is 11.9 Å². The average molecular weight is 318 g/mol. The van der Waals surface area contributed by atoms with Crippen molar-refractivity contribution in [3.63, 3.8) is 0 Å². The molecule has 1 aliphatic rings. The normalized spacial score (nSPS) is 15.9. The van der Waals surface area contributed by atoms with Crippen molar-refractivity contribution in [3.05, 3.63) is 29.9 Å². The van der Waals surface area contributed by atoms with Crippen LogP contribution in [0.1, 0.15) is 37.1 Å². The van der Waals surface area contributed by atoms with E-state index in [0.29, 0.717) is 35.9 Å². The molecule has 1 aliphatic carbocycles. The van der Waals surface area contributed by atoms with Crippen molar-refractivity contribution in [3.8, 4) is 11.7 Å². The van der Waals surface area contributed by atoms with Crippen molar-refractivity contribution in [2.45, 2.75) is 44.6 Å². The van der Waals surface area contributed by atoms with Gasteiger partial charge < -0.3 is 19.3 Å². The number of hydrogen-bond acceptors (Lipinski definition) is 5. The maximum Gasteiger partial charge on any atom is 0.305 e. The lowest BCUT2D eigenvalue weighted by Crippen LogP contribution is -2.55. The minimum Gasteiger partial charge on any atom is -0.481 e. The SMILES string of the molecule is Cc1oc(-c2ccco2)nc1CC(=O)NC1(CC(=O)O)CCC1. The van der Waals surface area contributed by atoms with Crippen molar-refractivity contribution in [2.24, 2.45) is 0 Å². The van der Waals surface area contributed by atoms with Crippen LogP contribution in [-0.2, 0) is 16.0 Å². The van der Waals surface area contributed by atoms with Crippen LogP contribution in [0.4, 0.5) is 0 Å². The van der Waals surface area contributed by atoms with Crippen LogP contribution in [0.5, 0.6) is 0 Å². The number of carboxylic acids is 1. The molecule has 0 aliphatic heterocycles. The van der Waals surface area contributed by atoms with Gasteiger partial charge in [0, 0.05) is 0 Å². The molecule has 2 aromatic rings. The van der Waals surface area contributed by atoms with E-state index in [4.69, 9.17) is 13.9 Å². The van der Waals surface area contributed by atoms with E-state index in [2.05, 4.69) is 10.3 Å². The standard InChI is InChI=1S/C16H18N2O5/c1-10-11(17-15(23-10)12-4-2-7-22-12)8-13(19)18-16(5-3-6-16)9-14(20)21/h2,4,7H,3,5-6,8-9H2,1H3,(H,18,19)(H,20,21). The number of oxazole rings is 1. The second-order valence-electron chi connectivity index (χ2n) is 5.93. The fraction of sp³-hybridized carbons (Fsp3) is 0.438. The molecule has 0 spiro atoms. The summed E-state index contributed by atoms with van der Waals surface area (Å²) in [4.78, 5) is 27.5. The number of carbonyl (C=O) groups excluding carboxylic acids is 1. The fourth-order valence-electron chi connectivity index (χ4n) is 2.83. The summed E-state index contributed by atoms with van der Waals surface area (Å²) in [6.45, 7) is 1.73. The highest BCUT2D eigenvalue weighted by atomic mass is 16.4. The Morgan fingerprint density at radius 3 is 2.78 bits per heavy atom. The zero-order valence-corrected chi connectivity index (χ0v) is 12.8. The van der Waals surface area contributed by atoms with Crippen LogP contribution in [0.2, 0.25) is 0 Å². The van der Waals surface area contributed by atoms with Gasteiger partial charge in [0.1, 0.15) is 5.76 Å². The number of hydrogen-bond donors (Lipinski definition) is 2. The molecule has 2 N–H and O–H groups in total. The number of aliphatic carboxylic acids is 1. The van der Waals surface area contributed by atoms with Crippen LogP contribution < -0.4 is 5.32 Å². The number of furan rings is 1. The van der Waals surface area contributed by atoms with Gasteiger partial charge in [-0.2, -0.15) is 0 Å². The van der Waals surface area contributed by atoms with Crippen molar-refractivity contribution < 1.29 is 23.5 Å². The van der Waals surface area contributed by atoms with Gasteiger partial charge in [0.2, 0.25) is 5.91 Å². The number of nitrogens with zero attached hydrogens (tertiary/aromatic N) is 1. The number of nitrogens with one attached hydrogen (secondary N) is 1. The van der Waals surface area contributed by atoms with Gasteiger partial charge in [-0.1, -0.05) is 0 Å². The summed E-state index contributed by atoms with van der Waals surface area (Å²) >= 11 is 0. The highest BCUT2D eigenvalue weighted by molar-refractivity contribution is 5.80. The average Bonchev–Trinajstić information content (AvgIpc) is 3.06. The molecule has 1 fully saturated rings. The van der Waals surface area contributed by atoms with E-state index in [0.717, 1.165) is 6.42 Å². The highest BCUT2D eigenvalue weighted by Crippen LogP contribution is 2.35. The number of aryl methyl sites for hydroxylation is 1. The zero-order valence-electron chi connectivity index (χ0n) is 12.8. The molecular weight excluding hydrogens is 300 g/mol. The third kappa shape index (κ3) is 3.28. The molecule has 0 bridgehead atoms. The van der Waals surface area contributed by atoms with Crippen LogP contribution in [0.3, 0.4) is 0 Å². The molecule has 3 rings (SSSR count). The number of rotatable bonds is 6. The molecule has 122 valence electrons. The van der Waals surface area contributed by atoms with Crippen LogP contribution in [0, 0.1) is 6.92 Å². The van der Waals surface area contributed by atoms with E-state index in [-0.39, 0.29) is 18.7 Å². The van der Waals surface area contributed by atoms with Gasteiger partial charge in [0.05, 0.1) is 30.3 Å².